The van der Waals surface area contributed by atoms with Gasteiger partial charge in [-0.2, -0.15) is 17.5 Å². The molecular formula is C34H37F3N6O6S2. The summed E-state index contributed by atoms with van der Waals surface area (Å²) in [5.41, 5.74) is -0.742. The van der Waals surface area contributed by atoms with E-state index in [1.165, 1.54) is 9.56 Å². The number of hydrogen-bond acceptors (Lipinski definition) is 10. The Morgan fingerprint density at radius 3 is 2.65 bits per heavy atom. The number of amides is 1. The standard InChI is InChI=1S/C34H37F3N6O6S2/c1-47-29-7-3-2-6-27(29)42-19-24(39-40-42)22-49-25-18-28-32(44)38-33(10-13-41(14-11-33)21-26-5-4-16-50-26)12-15-48-30-9-8-23(34(35,36)37)17-31(30)51(45,46)43(28)20-25/h2-9,16-17,19,25,28H,10-15,18,20-22H2,1H3,(H,38,44)/t25-,28+/m1/s1. The van der Waals surface area contributed by atoms with Crippen molar-refractivity contribution in [2.75, 3.05) is 33.4 Å². The number of hydrogen-bond donors (Lipinski definition) is 1. The molecule has 1 spiro atoms. The summed E-state index contributed by atoms with van der Waals surface area (Å²) in [4.78, 5) is 17.1. The fourth-order valence-electron chi connectivity index (χ4n) is 6.93. The zero-order valence-corrected chi connectivity index (χ0v) is 29.3. The van der Waals surface area contributed by atoms with Crippen LogP contribution in [0.25, 0.3) is 5.69 Å². The largest absolute Gasteiger partial charge is 0.494 e. The number of alkyl halides is 3. The van der Waals surface area contributed by atoms with E-state index in [9.17, 15) is 26.4 Å². The number of ether oxygens (including phenoxy) is 3. The Bertz CT molecular complexity index is 1960. The number of rotatable bonds is 7. The maximum absolute atomic E-state index is 14.3. The van der Waals surface area contributed by atoms with Crippen LogP contribution < -0.4 is 14.8 Å². The Balaban J connectivity index is 1.15. The molecular weight excluding hydrogens is 710 g/mol. The monoisotopic (exact) mass is 746 g/mol. The molecule has 0 aliphatic carbocycles. The van der Waals surface area contributed by atoms with Gasteiger partial charge in [0.1, 0.15) is 33.8 Å². The van der Waals surface area contributed by atoms with Crippen molar-refractivity contribution in [3.05, 3.63) is 82.3 Å². The van der Waals surface area contributed by atoms with Gasteiger partial charge in [0.15, 0.2) is 0 Å². The van der Waals surface area contributed by atoms with Gasteiger partial charge in [-0.05, 0) is 54.6 Å². The van der Waals surface area contributed by atoms with Crippen molar-refractivity contribution >= 4 is 27.3 Å². The number of carbonyl (C=O) groups excluding carboxylic acids is 1. The summed E-state index contributed by atoms with van der Waals surface area (Å²) in [6.45, 7) is 1.86. The van der Waals surface area contributed by atoms with Gasteiger partial charge in [0, 0.05) is 49.4 Å². The van der Waals surface area contributed by atoms with Crippen LogP contribution >= 0.6 is 11.3 Å². The fraction of sp³-hybridized carbons (Fsp3) is 0.441. The number of nitrogens with zero attached hydrogens (tertiary/aromatic N) is 5. The maximum Gasteiger partial charge on any atom is 0.416 e. The molecule has 0 saturated carbocycles. The van der Waals surface area contributed by atoms with Crippen LogP contribution in [0.3, 0.4) is 0 Å². The predicted octanol–water partition coefficient (Wildman–Crippen LogP) is 4.64. The number of fused-ring (bicyclic) bond motifs is 2. The van der Waals surface area contributed by atoms with Crippen LogP contribution in [0.4, 0.5) is 13.2 Å². The first kappa shape index (κ1) is 35.4. The zero-order valence-electron chi connectivity index (χ0n) is 27.7. The lowest BCUT2D eigenvalue weighted by Gasteiger charge is -2.43. The van der Waals surface area contributed by atoms with Crippen molar-refractivity contribution < 1.29 is 40.6 Å². The normalized spacial score (nSPS) is 22.4. The summed E-state index contributed by atoms with van der Waals surface area (Å²) in [6, 6.07) is 12.5. The van der Waals surface area contributed by atoms with Gasteiger partial charge in [-0.15, -0.1) is 16.4 Å². The minimum atomic E-state index is -4.80. The van der Waals surface area contributed by atoms with Crippen LogP contribution in [0, 0.1) is 0 Å². The highest BCUT2D eigenvalue weighted by Gasteiger charge is 2.48. The van der Waals surface area contributed by atoms with E-state index < -0.39 is 50.3 Å². The van der Waals surface area contributed by atoms with Gasteiger partial charge in [0.2, 0.25) is 15.9 Å². The van der Waals surface area contributed by atoms with Gasteiger partial charge in [0.25, 0.3) is 0 Å². The van der Waals surface area contributed by atoms with Gasteiger partial charge in [-0.25, -0.2) is 13.1 Å². The molecule has 4 aromatic rings. The van der Waals surface area contributed by atoms with E-state index in [1.807, 2.05) is 29.6 Å². The van der Waals surface area contributed by atoms with Crippen LogP contribution in [0.1, 0.15) is 41.8 Å². The van der Waals surface area contributed by atoms with Crippen LogP contribution in [0.2, 0.25) is 0 Å². The molecule has 2 aromatic carbocycles. The van der Waals surface area contributed by atoms with E-state index in [2.05, 4.69) is 26.6 Å². The second kappa shape index (κ2) is 14.2. The smallest absolute Gasteiger partial charge is 0.416 e. The Kier molecular flexibility index (Phi) is 9.84. The summed E-state index contributed by atoms with van der Waals surface area (Å²) < 4.78 is 90.0. The predicted molar refractivity (Wildman–Crippen MR) is 180 cm³/mol. The van der Waals surface area contributed by atoms with Crippen LogP contribution in [0.5, 0.6) is 11.5 Å². The number of aromatic nitrogens is 3. The molecule has 51 heavy (non-hydrogen) atoms. The van der Waals surface area contributed by atoms with E-state index in [4.69, 9.17) is 14.2 Å². The third kappa shape index (κ3) is 7.48. The molecule has 272 valence electrons. The molecule has 7 rings (SSSR count). The number of halogens is 3. The number of sulfonamides is 1. The highest BCUT2D eigenvalue weighted by Crippen LogP contribution is 2.39. The average Bonchev–Trinajstić information content (AvgIpc) is 3.90. The zero-order chi connectivity index (χ0) is 35.8. The Morgan fingerprint density at radius 2 is 1.90 bits per heavy atom. The van der Waals surface area contributed by atoms with Gasteiger partial charge in [-0.1, -0.05) is 23.4 Å². The van der Waals surface area contributed by atoms with Gasteiger partial charge >= 0.3 is 6.18 Å². The molecule has 17 heteroatoms. The van der Waals surface area contributed by atoms with Crippen molar-refractivity contribution in [1.29, 1.82) is 0 Å². The molecule has 2 fully saturated rings. The number of thiophene rings is 1. The minimum Gasteiger partial charge on any atom is -0.494 e. The average molecular weight is 747 g/mol. The molecule has 0 bridgehead atoms. The first-order chi connectivity index (χ1) is 24.4. The van der Waals surface area contributed by atoms with Gasteiger partial charge < -0.3 is 19.5 Å². The lowest BCUT2D eigenvalue weighted by Crippen LogP contribution is -2.59. The SMILES string of the molecule is COc1ccccc1-n1cc(CO[C@@H]2C[C@H]3C(=O)NC4(CCOc5ccc(C(F)(F)F)cc5S(=O)(=O)N3C2)CCN(Cc2cccs2)CC4)nn1. The molecule has 3 aliphatic heterocycles. The van der Waals surface area contributed by atoms with E-state index >= 15 is 0 Å². The Labute approximate surface area is 297 Å². The van der Waals surface area contributed by atoms with Crippen LogP contribution in [-0.2, 0) is 38.9 Å². The summed E-state index contributed by atoms with van der Waals surface area (Å²) in [6.07, 6.45) is -2.40. The molecule has 5 heterocycles. The van der Waals surface area contributed by atoms with Crippen LogP contribution in [-0.4, -0.2) is 89.6 Å². The quantitative estimate of drug-likeness (QED) is 0.288. The van der Waals surface area contributed by atoms with Crippen molar-refractivity contribution in [3.8, 4) is 17.2 Å². The Morgan fingerprint density at radius 1 is 1.10 bits per heavy atom. The topological polar surface area (TPSA) is 128 Å². The highest BCUT2D eigenvalue weighted by atomic mass is 32.2. The number of methoxy groups -OCH3 is 1. The van der Waals surface area contributed by atoms with Crippen molar-refractivity contribution in [2.24, 2.45) is 0 Å². The second-order valence-corrected chi connectivity index (χ2v) is 15.9. The number of para-hydroxylation sites is 2. The lowest BCUT2D eigenvalue weighted by molar-refractivity contribution is -0.137. The molecule has 1 amide bonds. The molecule has 0 radical (unpaired) electrons. The van der Waals surface area contributed by atoms with E-state index in [-0.39, 0.29) is 31.9 Å². The maximum atomic E-state index is 14.3. The van der Waals surface area contributed by atoms with Crippen molar-refractivity contribution in [2.45, 2.75) is 67.6 Å². The molecule has 2 saturated heterocycles. The summed E-state index contributed by atoms with van der Waals surface area (Å²) >= 11 is 1.68. The highest BCUT2D eigenvalue weighted by molar-refractivity contribution is 7.89. The first-order valence-corrected chi connectivity index (χ1v) is 18.8. The van der Waals surface area contributed by atoms with E-state index in [0.29, 0.717) is 55.5 Å². The fourth-order valence-corrected chi connectivity index (χ4v) is 9.47. The van der Waals surface area contributed by atoms with E-state index in [0.717, 1.165) is 23.0 Å². The molecule has 0 unspecified atom stereocenters. The van der Waals surface area contributed by atoms with E-state index in [1.54, 1.807) is 30.7 Å². The van der Waals surface area contributed by atoms with Crippen LogP contribution in [0.15, 0.2) is 71.1 Å². The molecule has 3 aliphatic rings. The summed E-state index contributed by atoms with van der Waals surface area (Å²) in [5.74, 6) is -0.134. The lowest BCUT2D eigenvalue weighted by atomic mass is 9.84. The molecule has 2 aromatic heterocycles. The molecule has 2 atom stereocenters. The number of likely N-dealkylation sites (tertiary alicyclic amines) is 1. The third-order valence-electron chi connectivity index (χ3n) is 9.72. The second-order valence-electron chi connectivity index (χ2n) is 13.0. The number of piperidine rings is 1. The summed E-state index contributed by atoms with van der Waals surface area (Å²) in [5, 5.41) is 13.5. The number of nitrogens with one attached hydrogen (secondary N) is 1. The van der Waals surface area contributed by atoms with Gasteiger partial charge in [-0.3, -0.25) is 9.69 Å². The molecule has 12 nitrogen and oxygen atoms in total. The number of carbonyl (C=O) groups is 1. The third-order valence-corrected chi connectivity index (χ3v) is 12.5. The first-order valence-electron chi connectivity index (χ1n) is 16.5. The minimum absolute atomic E-state index is 0.00499. The van der Waals surface area contributed by atoms with Crippen molar-refractivity contribution in [3.63, 3.8) is 0 Å². The van der Waals surface area contributed by atoms with Crippen molar-refractivity contribution in [1.82, 2.24) is 29.5 Å². The molecule has 1 N–H and O–H groups in total. The Hall–Kier alpha value is -4.03. The number of benzene rings is 2. The summed E-state index contributed by atoms with van der Waals surface area (Å²) in [7, 11) is -3.13. The van der Waals surface area contributed by atoms with Gasteiger partial charge in [0.05, 0.1) is 38.2 Å².